The quantitative estimate of drug-likeness (QED) is 0.345. The molecule has 1 unspecified atom stereocenters. The molecule has 2 aromatic carbocycles. The summed E-state index contributed by atoms with van der Waals surface area (Å²) in [4.78, 5) is 38.3. The van der Waals surface area contributed by atoms with Crippen LogP contribution >= 0.6 is 0 Å². The second-order valence-electron chi connectivity index (χ2n) is 12.6. The molecule has 0 spiro atoms. The Hall–Kier alpha value is -3.82. The van der Waals surface area contributed by atoms with E-state index in [1.54, 1.807) is 6.07 Å². The van der Waals surface area contributed by atoms with Gasteiger partial charge in [0.15, 0.2) is 0 Å². The second-order valence-corrected chi connectivity index (χ2v) is 12.6. The molecule has 0 saturated carbocycles. The van der Waals surface area contributed by atoms with Gasteiger partial charge in [-0.15, -0.1) is 0 Å². The van der Waals surface area contributed by atoms with Gasteiger partial charge < -0.3 is 20.1 Å². The number of carboxylic acid groups (broad SMARTS) is 1. The fourth-order valence-electron chi connectivity index (χ4n) is 7.03. The minimum Gasteiger partial charge on any atom is -0.478 e. The summed E-state index contributed by atoms with van der Waals surface area (Å²) in [5.74, 6) is 0.112. The lowest BCUT2D eigenvalue weighted by Gasteiger charge is -2.37. The number of anilines is 1. The van der Waals surface area contributed by atoms with Crippen LogP contribution in [0.2, 0.25) is 0 Å². The molecular formula is C35H43N5O4. The van der Waals surface area contributed by atoms with Gasteiger partial charge in [0, 0.05) is 37.8 Å². The van der Waals surface area contributed by atoms with Gasteiger partial charge >= 0.3 is 5.97 Å². The van der Waals surface area contributed by atoms with Crippen molar-refractivity contribution in [1.82, 2.24) is 19.8 Å². The Morgan fingerprint density at radius 2 is 1.75 bits per heavy atom. The van der Waals surface area contributed by atoms with Crippen LogP contribution in [0, 0.1) is 13.8 Å². The minimum absolute atomic E-state index is 0.0375. The highest BCUT2D eigenvalue weighted by Gasteiger charge is 2.33. The predicted octanol–water partition coefficient (Wildman–Crippen LogP) is 5.61. The smallest absolute Gasteiger partial charge is 0.335 e. The number of aryl methyl sites for hydroxylation is 1. The predicted molar refractivity (Wildman–Crippen MR) is 169 cm³/mol. The van der Waals surface area contributed by atoms with Gasteiger partial charge in [0.1, 0.15) is 17.8 Å². The maximum Gasteiger partial charge on any atom is 0.335 e. The maximum atomic E-state index is 13.6. The highest BCUT2D eigenvalue weighted by Crippen LogP contribution is 2.33. The third kappa shape index (κ3) is 6.79. The van der Waals surface area contributed by atoms with E-state index in [0.29, 0.717) is 48.7 Å². The molecule has 0 aliphatic carbocycles. The van der Waals surface area contributed by atoms with Crippen LogP contribution in [-0.4, -0.2) is 81.6 Å². The van der Waals surface area contributed by atoms with Gasteiger partial charge in [-0.25, -0.2) is 14.8 Å². The second kappa shape index (κ2) is 13.4. The molecule has 44 heavy (non-hydrogen) atoms. The lowest BCUT2D eigenvalue weighted by Crippen LogP contribution is -2.46. The number of ether oxygens (including phenoxy) is 1. The van der Waals surface area contributed by atoms with Gasteiger partial charge in [-0.3, -0.25) is 9.69 Å². The first-order chi connectivity index (χ1) is 21.4. The molecule has 3 aliphatic heterocycles. The average Bonchev–Trinajstić information content (AvgIpc) is 3.55. The molecule has 3 atom stereocenters. The molecule has 6 rings (SSSR count). The first-order valence-corrected chi connectivity index (χ1v) is 16.0. The van der Waals surface area contributed by atoms with Crippen LogP contribution in [0.3, 0.4) is 0 Å². The van der Waals surface area contributed by atoms with Gasteiger partial charge in [-0.2, -0.15) is 0 Å². The number of piperidine rings is 1. The van der Waals surface area contributed by atoms with Gasteiger partial charge in [0.25, 0.3) is 5.91 Å². The summed E-state index contributed by atoms with van der Waals surface area (Å²) in [6.45, 7) is 7.97. The Labute approximate surface area is 259 Å². The van der Waals surface area contributed by atoms with Crippen LogP contribution in [0.1, 0.15) is 93.6 Å². The number of rotatable bonds is 8. The number of likely N-dealkylation sites (tertiary alicyclic amines) is 2. The molecule has 2 N–H and O–H groups in total. The standard InChI is InChI=1S/C35H43N5O4/c1-23-9-11-25(12-10-23)31-8-4-7-30(44-31)20-36-33-24(2)32(37-22-38-33)34(41)39-17-14-29(15-18-39)40-16-13-28(21-40)26-5-3-6-27(19-26)35(42)43/h3,5-6,9-12,19,22,28-31H,4,7-8,13-18,20-21H2,1-2H3,(H,42,43)(H,36,37,38)/t28?,30-,31+/m1/s1. The zero-order valence-electron chi connectivity index (χ0n) is 25.7. The zero-order chi connectivity index (χ0) is 30.6. The minimum atomic E-state index is -0.883. The normalized spacial score (nSPS) is 23.0. The fourth-order valence-corrected chi connectivity index (χ4v) is 7.03. The molecule has 1 amide bonds. The van der Waals surface area contributed by atoms with Crippen LogP contribution in [0.4, 0.5) is 5.82 Å². The highest BCUT2D eigenvalue weighted by molar-refractivity contribution is 5.94. The summed E-state index contributed by atoms with van der Waals surface area (Å²) in [5, 5.41) is 12.8. The molecule has 3 aromatic rings. The van der Waals surface area contributed by atoms with Gasteiger partial charge in [-0.1, -0.05) is 42.0 Å². The number of hydrogen-bond donors (Lipinski definition) is 2. The highest BCUT2D eigenvalue weighted by atomic mass is 16.5. The number of hydrogen-bond acceptors (Lipinski definition) is 7. The molecule has 3 aliphatic rings. The summed E-state index contributed by atoms with van der Waals surface area (Å²) in [6.07, 6.45) is 7.67. The number of aromatic carboxylic acids is 1. The monoisotopic (exact) mass is 597 g/mol. The van der Waals surface area contributed by atoms with E-state index in [9.17, 15) is 14.7 Å². The van der Waals surface area contributed by atoms with Crippen LogP contribution in [0.5, 0.6) is 0 Å². The fraction of sp³-hybridized carbons (Fsp3) is 0.486. The van der Waals surface area contributed by atoms with Crippen molar-refractivity contribution >= 4 is 17.7 Å². The van der Waals surface area contributed by atoms with Gasteiger partial charge in [0.2, 0.25) is 0 Å². The molecule has 9 heteroatoms. The van der Waals surface area contributed by atoms with E-state index in [1.165, 1.54) is 17.5 Å². The average molecular weight is 598 g/mol. The lowest BCUT2D eigenvalue weighted by molar-refractivity contribution is -0.0442. The van der Waals surface area contributed by atoms with E-state index in [2.05, 4.69) is 51.4 Å². The Morgan fingerprint density at radius 3 is 2.52 bits per heavy atom. The van der Waals surface area contributed by atoms with Crippen molar-refractivity contribution in [2.75, 3.05) is 38.0 Å². The molecule has 3 saturated heterocycles. The summed E-state index contributed by atoms with van der Waals surface area (Å²) < 4.78 is 6.44. The zero-order valence-corrected chi connectivity index (χ0v) is 25.7. The molecule has 0 radical (unpaired) electrons. The molecule has 9 nitrogen and oxygen atoms in total. The number of benzene rings is 2. The Morgan fingerprint density at radius 1 is 0.955 bits per heavy atom. The Balaban J connectivity index is 1.01. The molecule has 1 aromatic heterocycles. The summed E-state index contributed by atoms with van der Waals surface area (Å²) >= 11 is 0. The molecular weight excluding hydrogens is 554 g/mol. The van der Waals surface area contributed by atoms with Crippen molar-refractivity contribution in [1.29, 1.82) is 0 Å². The SMILES string of the molecule is Cc1ccc([C@@H]2CCC[C@H](CNc3ncnc(C(=O)N4CCC(N5CCC(c6cccc(C(=O)O)c6)C5)CC4)c3C)O2)cc1. The topological polar surface area (TPSA) is 108 Å². The number of carboxylic acids is 1. The summed E-state index contributed by atoms with van der Waals surface area (Å²) in [7, 11) is 0. The number of nitrogens with zero attached hydrogens (tertiary/aromatic N) is 4. The van der Waals surface area contributed by atoms with Crippen molar-refractivity contribution in [3.8, 4) is 0 Å². The van der Waals surface area contributed by atoms with Crippen molar-refractivity contribution < 1.29 is 19.4 Å². The third-order valence-corrected chi connectivity index (χ3v) is 9.67. The van der Waals surface area contributed by atoms with Gasteiger partial charge in [0.05, 0.1) is 17.8 Å². The van der Waals surface area contributed by atoms with E-state index >= 15 is 0 Å². The number of carbonyl (C=O) groups excluding carboxylic acids is 1. The summed E-state index contributed by atoms with van der Waals surface area (Å²) in [6, 6.07) is 16.4. The van der Waals surface area contributed by atoms with Crippen LogP contribution in [0.15, 0.2) is 54.9 Å². The van der Waals surface area contributed by atoms with E-state index in [4.69, 9.17) is 4.74 Å². The van der Waals surface area contributed by atoms with Crippen molar-refractivity contribution in [3.05, 3.63) is 88.4 Å². The van der Waals surface area contributed by atoms with Crippen LogP contribution < -0.4 is 5.32 Å². The maximum absolute atomic E-state index is 13.6. The Kier molecular flexibility index (Phi) is 9.23. The first kappa shape index (κ1) is 30.2. The number of amides is 1. The van der Waals surface area contributed by atoms with Crippen LogP contribution in [0.25, 0.3) is 0 Å². The first-order valence-electron chi connectivity index (χ1n) is 16.0. The van der Waals surface area contributed by atoms with Crippen molar-refractivity contribution in [2.45, 2.75) is 76.5 Å². The van der Waals surface area contributed by atoms with E-state index < -0.39 is 5.97 Å². The molecule has 0 bridgehead atoms. The van der Waals surface area contributed by atoms with E-state index in [1.807, 2.05) is 30.0 Å². The largest absolute Gasteiger partial charge is 0.478 e. The van der Waals surface area contributed by atoms with Crippen molar-refractivity contribution in [2.24, 2.45) is 0 Å². The molecule has 232 valence electrons. The number of nitrogens with one attached hydrogen (secondary N) is 1. The summed E-state index contributed by atoms with van der Waals surface area (Å²) in [5.41, 5.74) is 5.16. The van der Waals surface area contributed by atoms with Crippen LogP contribution in [-0.2, 0) is 4.74 Å². The molecule has 3 fully saturated rings. The van der Waals surface area contributed by atoms with Crippen molar-refractivity contribution in [3.63, 3.8) is 0 Å². The number of carbonyl (C=O) groups is 2. The van der Waals surface area contributed by atoms with E-state index in [0.717, 1.165) is 62.7 Å². The third-order valence-electron chi connectivity index (χ3n) is 9.67. The van der Waals surface area contributed by atoms with Gasteiger partial charge in [-0.05, 0) is 88.1 Å². The van der Waals surface area contributed by atoms with E-state index in [-0.39, 0.29) is 18.1 Å². The number of aromatic nitrogens is 2. The Bertz CT molecular complexity index is 1470. The molecule has 4 heterocycles. The lowest BCUT2D eigenvalue weighted by atomic mass is 9.96.